The van der Waals surface area contributed by atoms with Crippen LogP contribution in [0.5, 0.6) is 0 Å². The molecule has 0 spiro atoms. The van der Waals surface area contributed by atoms with Gasteiger partial charge in [0.1, 0.15) is 0 Å². The van der Waals surface area contributed by atoms with Gasteiger partial charge in [0.15, 0.2) is 0 Å². The molecule has 0 aromatic rings. The van der Waals surface area contributed by atoms with Crippen molar-refractivity contribution >= 4 is 0 Å². The number of likely N-dealkylation sites (N-methyl/N-ethyl adjacent to an activating group) is 2. The van der Waals surface area contributed by atoms with E-state index in [1.54, 1.807) is 0 Å². The summed E-state index contributed by atoms with van der Waals surface area (Å²) in [5.74, 6) is 0. The zero-order chi connectivity index (χ0) is 5.28. The van der Waals surface area contributed by atoms with Gasteiger partial charge >= 0.3 is 0 Å². The highest BCUT2D eigenvalue weighted by Gasteiger charge is 2.32. The van der Waals surface area contributed by atoms with Crippen LogP contribution in [0.4, 0.5) is 0 Å². The van der Waals surface area contributed by atoms with Gasteiger partial charge in [-0.1, -0.05) is 0 Å². The van der Waals surface area contributed by atoms with Crippen LogP contribution in [0.1, 0.15) is 0 Å². The highest BCUT2D eigenvalue weighted by Crippen LogP contribution is 1.99. The third-order valence-corrected chi connectivity index (χ3v) is 1.21. The lowest BCUT2D eigenvalue weighted by Gasteiger charge is -1.88. The molecule has 2 unspecified atom stereocenters. The van der Waals surface area contributed by atoms with Gasteiger partial charge in [-0.25, -0.2) is 0 Å². The summed E-state index contributed by atoms with van der Waals surface area (Å²) in [4.78, 5) is 0. The molecule has 0 saturated carbocycles. The first-order chi connectivity index (χ1) is 3.38. The van der Waals surface area contributed by atoms with E-state index < -0.39 is 0 Å². The lowest BCUT2D eigenvalue weighted by atomic mass is 10.6. The van der Waals surface area contributed by atoms with Gasteiger partial charge < -0.3 is 10.6 Å². The standard InChI is InChI=1S/C4H11N3/c1-5-3-4(6-2)7-3/h3-7H,1-2H3. The molecule has 7 heavy (non-hydrogen) atoms. The fourth-order valence-electron chi connectivity index (χ4n) is 0.638. The molecule has 1 heterocycles. The fourth-order valence-corrected chi connectivity index (χ4v) is 0.638. The molecule has 1 fully saturated rings. The minimum absolute atomic E-state index is 0.505. The maximum Gasteiger partial charge on any atom is 0.0877 e. The normalized spacial score (nSPS) is 38.6. The van der Waals surface area contributed by atoms with Crippen LogP contribution in [0.2, 0.25) is 0 Å². The average molecular weight is 101 g/mol. The number of rotatable bonds is 2. The lowest BCUT2D eigenvalue weighted by Crippen LogP contribution is -2.21. The molecule has 2 atom stereocenters. The van der Waals surface area contributed by atoms with Crippen LogP contribution < -0.4 is 16.0 Å². The van der Waals surface area contributed by atoms with Gasteiger partial charge in [-0.2, -0.15) is 0 Å². The molecular formula is C4H11N3. The van der Waals surface area contributed by atoms with Crippen LogP contribution in [-0.2, 0) is 0 Å². The number of hydrogen-bond acceptors (Lipinski definition) is 3. The van der Waals surface area contributed by atoms with Gasteiger partial charge in [0.25, 0.3) is 0 Å². The Kier molecular flexibility index (Phi) is 1.27. The molecular weight excluding hydrogens is 90.1 g/mol. The molecule has 0 aliphatic carbocycles. The first kappa shape index (κ1) is 5.03. The molecule has 0 radical (unpaired) electrons. The zero-order valence-electron chi connectivity index (χ0n) is 4.65. The van der Waals surface area contributed by atoms with Crippen LogP contribution in [-0.4, -0.2) is 26.4 Å². The van der Waals surface area contributed by atoms with E-state index in [4.69, 9.17) is 0 Å². The van der Waals surface area contributed by atoms with Crippen molar-refractivity contribution in [1.29, 1.82) is 0 Å². The van der Waals surface area contributed by atoms with E-state index in [0.29, 0.717) is 12.3 Å². The molecule has 1 rings (SSSR count). The van der Waals surface area contributed by atoms with Crippen LogP contribution >= 0.6 is 0 Å². The Morgan fingerprint density at radius 1 is 1.14 bits per heavy atom. The van der Waals surface area contributed by atoms with E-state index in [1.165, 1.54) is 0 Å². The Bertz CT molecular complexity index is 56.0. The van der Waals surface area contributed by atoms with E-state index in [1.807, 2.05) is 14.1 Å². The second-order valence-electron chi connectivity index (χ2n) is 1.70. The molecule has 1 saturated heterocycles. The predicted molar refractivity (Wildman–Crippen MR) is 28.8 cm³/mol. The van der Waals surface area contributed by atoms with E-state index in [-0.39, 0.29) is 0 Å². The second-order valence-corrected chi connectivity index (χ2v) is 1.70. The van der Waals surface area contributed by atoms with Crippen molar-refractivity contribution in [1.82, 2.24) is 16.0 Å². The Morgan fingerprint density at radius 2 is 1.57 bits per heavy atom. The lowest BCUT2D eigenvalue weighted by molar-refractivity contribution is 0.708. The van der Waals surface area contributed by atoms with Crippen molar-refractivity contribution in [2.45, 2.75) is 12.3 Å². The molecule has 0 aromatic heterocycles. The molecule has 1 aliphatic heterocycles. The molecule has 0 bridgehead atoms. The predicted octanol–water partition coefficient (Wildman–Crippen LogP) is -1.32. The van der Waals surface area contributed by atoms with Crippen molar-refractivity contribution in [2.24, 2.45) is 0 Å². The van der Waals surface area contributed by atoms with E-state index in [2.05, 4.69) is 16.0 Å². The SMILES string of the molecule is CNC1NC1NC. The van der Waals surface area contributed by atoms with Crippen molar-refractivity contribution < 1.29 is 0 Å². The highest BCUT2D eigenvalue weighted by atomic mass is 15.4. The molecule has 3 N–H and O–H groups in total. The molecule has 0 aromatic carbocycles. The third-order valence-electron chi connectivity index (χ3n) is 1.21. The molecule has 42 valence electrons. The second kappa shape index (κ2) is 1.78. The summed E-state index contributed by atoms with van der Waals surface area (Å²) in [6.07, 6.45) is 1.01. The summed E-state index contributed by atoms with van der Waals surface area (Å²) < 4.78 is 0. The van der Waals surface area contributed by atoms with E-state index >= 15 is 0 Å². The summed E-state index contributed by atoms with van der Waals surface area (Å²) in [5.41, 5.74) is 0. The molecule has 3 nitrogen and oxygen atoms in total. The summed E-state index contributed by atoms with van der Waals surface area (Å²) >= 11 is 0. The maximum atomic E-state index is 3.15. The topological polar surface area (TPSA) is 46.0 Å². The van der Waals surface area contributed by atoms with Gasteiger partial charge in [0, 0.05) is 0 Å². The fraction of sp³-hybridized carbons (Fsp3) is 1.00. The van der Waals surface area contributed by atoms with Crippen LogP contribution in [0.15, 0.2) is 0 Å². The Balaban J connectivity index is 2.06. The summed E-state index contributed by atoms with van der Waals surface area (Å²) in [7, 11) is 3.88. The smallest absolute Gasteiger partial charge is 0.0877 e. The molecule has 1 aliphatic rings. The van der Waals surface area contributed by atoms with Gasteiger partial charge in [-0.05, 0) is 14.1 Å². The van der Waals surface area contributed by atoms with Crippen molar-refractivity contribution in [3.8, 4) is 0 Å². The Morgan fingerprint density at radius 3 is 1.71 bits per heavy atom. The molecule has 0 amide bonds. The summed E-state index contributed by atoms with van der Waals surface area (Å²) in [6.45, 7) is 0. The first-order valence-corrected chi connectivity index (χ1v) is 2.49. The Hall–Kier alpha value is -0.120. The quantitative estimate of drug-likeness (QED) is 0.378. The largest absolute Gasteiger partial charge is 0.303 e. The van der Waals surface area contributed by atoms with E-state index in [9.17, 15) is 0 Å². The minimum Gasteiger partial charge on any atom is -0.303 e. The van der Waals surface area contributed by atoms with Crippen molar-refractivity contribution in [2.75, 3.05) is 14.1 Å². The van der Waals surface area contributed by atoms with Crippen LogP contribution in [0.3, 0.4) is 0 Å². The van der Waals surface area contributed by atoms with Gasteiger partial charge in [0.2, 0.25) is 0 Å². The molecule has 3 heteroatoms. The average Bonchev–Trinajstić information content (AvgIpc) is 2.43. The monoisotopic (exact) mass is 101 g/mol. The Labute approximate surface area is 43.5 Å². The van der Waals surface area contributed by atoms with Gasteiger partial charge in [0.05, 0.1) is 12.3 Å². The van der Waals surface area contributed by atoms with E-state index in [0.717, 1.165) is 0 Å². The zero-order valence-corrected chi connectivity index (χ0v) is 4.65. The van der Waals surface area contributed by atoms with Crippen LogP contribution in [0, 0.1) is 0 Å². The van der Waals surface area contributed by atoms with Crippen molar-refractivity contribution in [3.63, 3.8) is 0 Å². The van der Waals surface area contributed by atoms with Crippen LogP contribution in [0.25, 0.3) is 0 Å². The summed E-state index contributed by atoms with van der Waals surface area (Å²) in [5, 5.41) is 9.28. The van der Waals surface area contributed by atoms with Crippen molar-refractivity contribution in [3.05, 3.63) is 0 Å². The third kappa shape index (κ3) is 0.907. The number of hydrogen-bond donors (Lipinski definition) is 3. The maximum absolute atomic E-state index is 3.15. The number of nitrogens with one attached hydrogen (secondary N) is 3. The highest BCUT2D eigenvalue weighted by molar-refractivity contribution is 4.91. The van der Waals surface area contributed by atoms with Gasteiger partial charge in [-0.3, -0.25) is 5.32 Å². The minimum atomic E-state index is 0.505. The van der Waals surface area contributed by atoms with Gasteiger partial charge in [-0.15, -0.1) is 0 Å². The first-order valence-electron chi connectivity index (χ1n) is 2.49. The summed E-state index contributed by atoms with van der Waals surface area (Å²) in [6, 6.07) is 0.